The number of nitrogens with one attached hydrogen (secondary N) is 1. The summed E-state index contributed by atoms with van der Waals surface area (Å²) in [5.41, 5.74) is 3.80. The van der Waals surface area contributed by atoms with Crippen LogP contribution in [0.3, 0.4) is 0 Å². The van der Waals surface area contributed by atoms with Gasteiger partial charge in [0.1, 0.15) is 11.6 Å². The van der Waals surface area contributed by atoms with E-state index in [0.29, 0.717) is 6.04 Å². The smallest absolute Gasteiger partial charge is 0.183 e. The molecule has 0 bridgehead atoms. The molecule has 6 heteroatoms. The highest BCUT2D eigenvalue weighted by Crippen LogP contribution is 2.30. The van der Waals surface area contributed by atoms with Gasteiger partial charge >= 0.3 is 0 Å². The van der Waals surface area contributed by atoms with Crippen LogP contribution in [-0.4, -0.2) is 34.1 Å². The summed E-state index contributed by atoms with van der Waals surface area (Å²) < 4.78 is 0. The van der Waals surface area contributed by atoms with E-state index in [0.717, 1.165) is 55.4 Å². The van der Waals surface area contributed by atoms with E-state index in [4.69, 9.17) is 4.98 Å². The Balaban J connectivity index is 1.45. The van der Waals surface area contributed by atoms with Gasteiger partial charge in [0.25, 0.3) is 0 Å². The van der Waals surface area contributed by atoms with Crippen LogP contribution < -0.4 is 10.2 Å². The largest absolute Gasteiger partial charge is 0.359 e. The van der Waals surface area contributed by atoms with Crippen molar-refractivity contribution in [3.8, 4) is 0 Å². The molecule has 2 aromatic heterocycles. The van der Waals surface area contributed by atoms with Crippen molar-refractivity contribution in [2.24, 2.45) is 0 Å². The molecule has 24 heavy (non-hydrogen) atoms. The van der Waals surface area contributed by atoms with Crippen molar-refractivity contribution in [2.45, 2.75) is 58.4 Å². The Bertz CT molecular complexity index is 718. The summed E-state index contributed by atoms with van der Waals surface area (Å²) >= 11 is 1.70. The van der Waals surface area contributed by atoms with Crippen molar-refractivity contribution >= 4 is 22.3 Å². The molecule has 128 valence electrons. The number of anilines is 2. The molecule has 0 aromatic carbocycles. The van der Waals surface area contributed by atoms with Gasteiger partial charge in [0.2, 0.25) is 0 Å². The minimum Gasteiger partial charge on any atom is -0.359 e. The van der Waals surface area contributed by atoms with Gasteiger partial charge in [-0.05, 0) is 52.4 Å². The van der Waals surface area contributed by atoms with Crippen molar-refractivity contribution in [2.75, 3.05) is 23.3 Å². The van der Waals surface area contributed by atoms with Crippen LogP contribution in [0.4, 0.5) is 10.9 Å². The van der Waals surface area contributed by atoms with E-state index >= 15 is 0 Å². The standard InChI is InChI=1S/C18H25N5S/c1-12-11-24-18(19-12)22-14-7-9-23(10-8-14)17-15-5-3-4-6-16(15)20-13(2)21-17/h11,14H,3-10H2,1-2H3,(H,19,22). The number of hydrogen-bond donors (Lipinski definition) is 1. The zero-order valence-corrected chi connectivity index (χ0v) is 15.3. The predicted molar refractivity (Wildman–Crippen MR) is 99.1 cm³/mol. The Labute approximate surface area is 147 Å². The second-order valence-electron chi connectivity index (χ2n) is 6.93. The van der Waals surface area contributed by atoms with Gasteiger partial charge in [-0.15, -0.1) is 11.3 Å². The first-order chi connectivity index (χ1) is 11.7. The monoisotopic (exact) mass is 343 g/mol. The van der Waals surface area contributed by atoms with Crippen LogP contribution in [0.2, 0.25) is 0 Å². The zero-order valence-electron chi connectivity index (χ0n) is 14.5. The molecule has 2 aliphatic rings. The average molecular weight is 344 g/mol. The molecule has 1 fully saturated rings. The fourth-order valence-corrected chi connectivity index (χ4v) is 4.55. The minimum atomic E-state index is 0.519. The van der Waals surface area contributed by atoms with Gasteiger partial charge in [-0.25, -0.2) is 15.0 Å². The first-order valence-corrected chi connectivity index (χ1v) is 9.87. The first kappa shape index (κ1) is 15.8. The van der Waals surface area contributed by atoms with Crippen LogP contribution in [-0.2, 0) is 12.8 Å². The van der Waals surface area contributed by atoms with Crippen LogP contribution in [0.5, 0.6) is 0 Å². The number of aryl methyl sites for hydroxylation is 3. The Morgan fingerprint density at radius 1 is 1.08 bits per heavy atom. The first-order valence-electron chi connectivity index (χ1n) is 8.99. The van der Waals surface area contributed by atoms with Crippen LogP contribution in [0.15, 0.2) is 5.38 Å². The molecule has 0 spiro atoms. The average Bonchev–Trinajstić information content (AvgIpc) is 3.00. The van der Waals surface area contributed by atoms with Gasteiger partial charge < -0.3 is 10.2 Å². The predicted octanol–water partition coefficient (Wildman–Crippen LogP) is 3.51. The molecule has 1 N–H and O–H groups in total. The van der Waals surface area contributed by atoms with Crippen LogP contribution in [0, 0.1) is 13.8 Å². The van der Waals surface area contributed by atoms with E-state index in [1.807, 2.05) is 13.8 Å². The van der Waals surface area contributed by atoms with Crippen LogP contribution in [0.25, 0.3) is 0 Å². The third kappa shape index (κ3) is 3.24. The van der Waals surface area contributed by atoms with Crippen molar-refractivity contribution in [1.82, 2.24) is 15.0 Å². The quantitative estimate of drug-likeness (QED) is 0.924. The van der Waals surface area contributed by atoms with E-state index in [1.54, 1.807) is 11.3 Å². The van der Waals surface area contributed by atoms with Crippen molar-refractivity contribution in [3.05, 3.63) is 28.2 Å². The molecule has 0 radical (unpaired) electrons. The molecule has 5 nitrogen and oxygen atoms in total. The highest BCUT2D eigenvalue weighted by molar-refractivity contribution is 7.13. The topological polar surface area (TPSA) is 53.9 Å². The maximum Gasteiger partial charge on any atom is 0.183 e. The molecule has 2 aromatic rings. The molecule has 0 unspecified atom stereocenters. The fraction of sp³-hybridized carbons (Fsp3) is 0.611. The summed E-state index contributed by atoms with van der Waals surface area (Å²) in [5, 5.41) is 6.76. The third-order valence-corrected chi connectivity index (χ3v) is 5.91. The lowest BCUT2D eigenvalue weighted by atomic mass is 9.95. The van der Waals surface area contributed by atoms with Gasteiger partial charge in [0, 0.05) is 35.8 Å². The summed E-state index contributed by atoms with van der Waals surface area (Å²) in [6, 6.07) is 0.519. The summed E-state index contributed by atoms with van der Waals surface area (Å²) in [4.78, 5) is 16.5. The number of aromatic nitrogens is 3. The molecule has 1 aliphatic heterocycles. The highest BCUT2D eigenvalue weighted by Gasteiger charge is 2.25. The summed E-state index contributed by atoms with van der Waals surface area (Å²) in [6.07, 6.45) is 7.07. The van der Waals surface area contributed by atoms with E-state index in [1.165, 1.54) is 29.9 Å². The van der Waals surface area contributed by atoms with Gasteiger partial charge in [-0.2, -0.15) is 0 Å². The van der Waals surface area contributed by atoms with Crippen molar-refractivity contribution < 1.29 is 0 Å². The van der Waals surface area contributed by atoms with Crippen molar-refractivity contribution in [1.29, 1.82) is 0 Å². The van der Waals surface area contributed by atoms with Crippen molar-refractivity contribution in [3.63, 3.8) is 0 Å². The Hall–Kier alpha value is -1.69. The molecular formula is C18H25N5S. The summed E-state index contributed by atoms with van der Waals surface area (Å²) in [5.74, 6) is 2.13. The van der Waals surface area contributed by atoms with E-state index < -0.39 is 0 Å². The third-order valence-electron chi connectivity index (χ3n) is 5.01. The SMILES string of the molecule is Cc1csc(NC2CCN(c3nc(C)nc4c3CCCC4)CC2)n1. The molecule has 1 saturated heterocycles. The lowest BCUT2D eigenvalue weighted by Gasteiger charge is -2.35. The second-order valence-corrected chi connectivity index (χ2v) is 7.78. The highest BCUT2D eigenvalue weighted by atomic mass is 32.1. The molecular weight excluding hydrogens is 318 g/mol. The lowest BCUT2D eigenvalue weighted by Crippen LogP contribution is -2.40. The summed E-state index contributed by atoms with van der Waals surface area (Å²) in [7, 11) is 0. The number of hydrogen-bond acceptors (Lipinski definition) is 6. The maximum atomic E-state index is 4.81. The van der Waals surface area contributed by atoms with Crippen LogP contribution >= 0.6 is 11.3 Å². The molecule has 0 amide bonds. The lowest BCUT2D eigenvalue weighted by molar-refractivity contribution is 0.519. The second kappa shape index (κ2) is 6.67. The van der Waals surface area contributed by atoms with E-state index in [2.05, 4.69) is 25.6 Å². The number of nitrogens with zero attached hydrogens (tertiary/aromatic N) is 4. The normalized spacial score (nSPS) is 18.5. The molecule has 3 heterocycles. The maximum absolute atomic E-state index is 4.81. The zero-order chi connectivity index (χ0) is 16.5. The molecule has 0 atom stereocenters. The minimum absolute atomic E-state index is 0.519. The molecule has 0 saturated carbocycles. The Morgan fingerprint density at radius 2 is 1.88 bits per heavy atom. The Morgan fingerprint density at radius 3 is 2.62 bits per heavy atom. The Kier molecular flexibility index (Phi) is 4.39. The van der Waals surface area contributed by atoms with Gasteiger partial charge in [0.15, 0.2) is 5.13 Å². The van der Waals surface area contributed by atoms with Gasteiger partial charge in [-0.3, -0.25) is 0 Å². The van der Waals surface area contributed by atoms with E-state index in [-0.39, 0.29) is 0 Å². The van der Waals surface area contributed by atoms with Crippen LogP contribution in [0.1, 0.15) is 48.5 Å². The van der Waals surface area contributed by atoms with E-state index in [9.17, 15) is 0 Å². The fourth-order valence-electron chi connectivity index (χ4n) is 3.79. The molecule has 4 rings (SSSR count). The van der Waals surface area contributed by atoms with Gasteiger partial charge in [0.05, 0.1) is 5.69 Å². The number of thiazole rings is 1. The number of rotatable bonds is 3. The number of piperidine rings is 1. The number of fused-ring (bicyclic) bond motifs is 1. The summed E-state index contributed by atoms with van der Waals surface area (Å²) in [6.45, 7) is 6.19. The van der Waals surface area contributed by atoms with Gasteiger partial charge in [-0.1, -0.05) is 0 Å². The molecule has 1 aliphatic carbocycles.